The molecule has 0 saturated heterocycles. The number of methoxy groups -OCH3 is 1. The van der Waals surface area contributed by atoms with Gasteiger partial charge in [0.05, 0.1) is 35.3 Å². The van der Waals surface area contributed by atoms with E-state index in [0.717, 1.165) is 5.56 Å². The van der Waals surface area contributed by atoms with Gasteiger partial charge in [-0.2, -0.15) is 15.2 Å². The van der Waals surface area contributed by atoms with Crippen molar-refractivity contribution >= 4 is 40.1 Å². The number of carbonyl (C=O) groups excluding carboxylic acids is 1. The zero-order valence-corrected chi connectivity index (χ0v) is 18.2. The van der Waals surface area contributed by atoms with Crippen molar-refractivity contribution in [3.63, 3.8) is 0 Å². The third-order valence-corrected chi connectivity index (χ3v) is 5.98. The molecular weight excluding hydrogens is 452 g/mol. The molecule has 1 aromatic heterocycles. The molecule has 11 heteroatoms. The van der Waals surface area contributed by atoms with Gasteiger partial charge in [-0.15, -0.1) is 0 Å². The molecule has 0 radical (unpaired) electrons. The molecule has 3 heterocycles. The molecule has 5 rings (SSSR count). The summed E-state index contributed by atoms with van der Waals surface area (Å²) in [6.45, 7) is 0. The van der Waals surface area contributed by atoms with Gasteiger partial charge in [0.15, 0.2) is 11.3 Å². The normalized spacial score (nSPS) is 17.2. The number of hydrogen-bond donors (Lipinski definition) is 0. The van der Waals surface area contributed by atoms with Crippen LogP contribution in [0.25, 0.3) is 11.4 Å². The van der Waals surface area contributed by atoms with E-state index in [2.05, 4.69) is 25.4 Å². The summed E-state index contributed by atoms with van der Waals surface area (Å²) in [6.07, 6.45) is 0.776. The lowest BCUT2D eigenvalue weighted by Crippen LogP contribution is -2.42. The Morgan fingerprint density at radius 2 is 2.06 bits per heavy atom. The molecule has 0 N–H and O–H groups in total. The average molecular weight is 467 g/mol. The number of rotatable bonds is 5. The Morgan fingerprint density at radius 3 is 2.84 bits per heavy atom. The van der Waals surface area contributed by atoms with Gasteiger partial charge >= 0.3 is 0 Å². The van der Waals surface area contributed by atoms with Crippen LogP contribution in [0.15, 0.2) is 80.0 Å². The lowest BCUT2D eigenvalue weighted by Gasteiger charge is -2.29. The lowest BCUT2D eigenvalue weighted by molar-refractivity contribution is -0.114. The van der Waals surface area contributed by atoms with Crippen molar-refractivity contribution in [3.8, 4) is 17.1 Å². The van der Waals surface area contributed by atoms with Crippen LogP contribution in [-0.2, 0) is 10.5 Å². The zero-order chi connectivity index (χ0) is 22.1. The Kier molecular flexibility index (Phi) is 5.46. The molecule has 1 amide bonds. The highest BCUT2D eigenvalue weighted by Crippen LogP contribution is 2.35. The van der Waals surface area contributed by atoms with Gasteiger partial charge in [0.25, 0.3) is 5.91 Å². The maximum absolute atomic E-state index is 13.2. The highest BCUT2D eigenvalue weighted by Gasteiger charge is 2.37. The summed E-state index contributed by atoms with van der Waals surface area (Å²) >= 11 is 7.58. The van der Waals surface area contributed by atoms with Crippen molar-refractivity contribution in [2.24, 2.45) is 15.2 Å². The maximum atomic E-state index is 13.2. The number of azo groups is 1. The van der Waals surface area contributed by atoms with Gasteiger partial charge in [-0.05, 0) is 18.2 Å². The molecule has 1 unspecified atom stereocenters. The van der Waals surface area contributed by atoms with Crippen LogP contribution in [0.1, 0.15) is 5.89 Å². The monoisotopic (exact) mass is 466 g/mol. The van der Waals surface area contributed by atoms with Gasteiger partial charge < -0.3 is 9.26 Å². The van der Waals surface area contributed by atoms with Crippen molar-refractivity contribution in [1.29, 1.82) is 0 Å². The third-order valence-electron chi connectivity index (χ3n) is 4.74. The number of aliphatic imine (C=N–C) groups is 1. The molecule has 0 aliphatic carbocycles. The van der Waals surface area contributed by atoms with Crippen molar-refractivity contribution in [3.05, 3.63) is 71.2 Å². The van der Waals surface area contributed by atoms with E-state index in [1.54, 1.807) is 18.2 Å². The first-order chi connectivity index (χ1) is 15.6. The summed E-state index contributed by atoms with van der Waals surface area (Å²) in [4.78, 5) is 23.7. The Labute approximate surface area is 191 Å². The second kappa shape index (κ2) is 8.56. The number of benzene rings is 2. The van der Waals surface area contributed by atoms with Crippen LogP contribution in [0.4, 0.5) is 5.69 Å². The molecule has 0 bridgehead atoms. The molecule has 0 fully saturated rings. The number of amidine groups is 1. The fourth-order valence-electron chi connectivity index (χ4n) is 3.20. The highest BCUT2D eigenvalue weighted by atomic mass is 35.5. The standard InChI is InChI=1S/C21H15ClN6O3S/c1-30-16-8-7-13(9-15(16)22)28-20(29)14-10-23-26-19(14)25-21(28)32-11-17-24-18(27-31-17)12-5-3-2-4-6-12/h2-10,19H,11H2,1H3. The van der Waals surface area contributed by atoms with Crippen LogP contribution < -0.4 is 9.64 Å². The molecule has 32 heavy (non-hydrogen) atoms. The minimum atomic E-state index is -0.655. The molecule has 3 aromatic rings. The first-order valence-corrected chi connectivity index (χ1v) is 10.9. The van der Waals surface area contributed by atoms with Crippen LogP contribution in [0.2, 0.25) is 5.02 Å². The summed E-state index contributed by atoms with van der Waals surface area (Å²) in [6, 6.07) is 14.6. The van der Waals surface area contributed by atoms with Gasteiger partial charge in [0, 0.05) is 5.56 Å². The molecule has 0 saturated carbocycles. The fraction of sp³-hybridized carbons (Fsp3) is 0.143. The highest BCUT2D eigenvalue weighted by molar-refractivity contribution is 8.13. The summed E-state index contributed by atoms with van der Waals surface area (Å²) in [5.41, 5.74) is 1.80. The van der Waals surface area contributed by atoms with Crippen LogP contribution in [0.5, 0.6) is 5.75 Å². The second-order valence-corrected chi connectivity index (χ2v) is 8.08. The SMILES string of the molecule is COc1ccc(N2C(=O)C3=CN=NC3N=C2SCc2nc(-c3ccccc3)no2)cc1Cl. The first-order valence-electron chi connectivity index (χ1n) is 9.50. The molecule has 9 nitrogen and oxygen atoms in total. The molecule has 2 aromatic carbocycles. The van der Waals surface area contributed by atoms with Gasteiger partial charge in [0.1, 0.15) is 5.75 Å². The van der Waals surface area contributed by atoms with Gasteiger partial charge in [-0.1, -0.05) is 58.9 Å². The summed E-state index contributed by atoms with van der Waals surface area (Å²) in [5, 5.41) is 12.7. The van der Waals surface area contributed by atoms with Gasteiger partial charge in [-0.25, -0.2) is 4.99 Å². The van der Waals surface area contributed by atoms with E-state index in [-0.39, 0.29) is 5.91 Å². The topological polar surface area (TPSA) is 106 Å². The smallest absolute Gasteiger partial charge is 0.266 e. The van der Waals surface area contributed by atoms with Crippen LogP contribution in [0, 0.1) is 0 Å². The van der Waals surface area contributed by atoms with Crippen molar-refractivity contribution in [2.75, 3.05) is 12.0 Å². The summed E-state index contributed by atoms with van der Waals surface area (Å²) in [7, 11) is 1.53. The predicted octanol–water partition coefficient (Wildman–Crippen LogP) is 4.71. The number of thioether (sulfide) groups is 1. The van der Waals surface area contributed by atoms with E-state index >= 15 is 0 Å². The fourth-order valence-corrected chi connectivity index (χ4v) is 4.31. The Bertz CT molecular complexity index is 1270. The van der Waals surface area contributed by atoms with E-state index in [9.17, 15) is 4.79 Å². The summed E-state index contributed by atoms with van der Waals surface area (Å²) < 4.78 is 10.6. The van der Waals surface area contributed by atoms with E-state index in [0.29, 0.717) is 44.7 Å². The predicted molar refractivity (Wildman–Crippen MR) is 121 cm³/mol. The molecule has 160 valence electrons. The summed E-state index contributed by atoms with van der Waals surface area (Å²) in [5.74, 6) is 1.46. The first kappa shape index (κ1) is 20.4. The molecule has 2 aliphatic heterocycles. The Balaban J connectivity index is 1.42. The lowest BCUT2D eigenvalue weighted by atomic mass is 10.1. The van der Waals surface area contributed by atoms with Gasteiger partial charge in [-0.3, -0.25) is 9.69 Å². The largest absolute Gasteiger partial charge is 0.495 e. The van der Waals surface area contributed by atoms with E-state index in [1.807, 2.05) is 30.3 Å². The minimum absolute atomic E-state index is 0.269. The van der Waals surface area contributed by atoms with E-state index in [1.165, 1.54) is 30.0 Å². The number of carbonyl (C=O) groups is 1. The van der Waals surface area contributed by atoms with Crippen LogP contribution in [0.3, 0.4) is 0 Å². The number of aromatic nitrogens is 2. The van der Waals surface area contributed by atoms with E-state index < -0.39 is 6.17 Å². The number of ether oxygens (including phenoxy) is 1. The number of anilines is 1. The molecule has 0 spiro atoms. The Morgan fingerprint density at radius 1 is 1.22 bits per heavy atom. The van der Waals surface area contributed by atoms with Gasteiger partial charge in [0.2, 0.25) is 11.7 Å². The van der Waals surface area contributed by atoms with E-state index in [4.69, 9.17) is 20.9 Å². The third kappa shape index (κ3) is 3.78. The number of nitrogens with zero attached hydrogens (tertiary/aromatic N) is 6. The zero-order valence-electron chi connectivity index (χ0n) is 16.7. The minimum Gasteiger partial charge on any atom is -0.495 e. The second-order valence-electron chi connectivity index (χ2n) is 6.73. The number of hydrogen-bond acceptors (Lipinski definition) is 9. The number of fused-ring (bicyclic) bond motifs is 1. The quantitative estimate of drug-likeness (QED) is 0.539. The maximum Gasteiger partial charge on any atom is 0.266 e. The number of halogens is 1. The molecule has 1 atom stereocenters. The van der Waals surface area contributed by atoms with Crippen molar-refractivity contribution in [1.82, 2.24) is 10.1 Å². The molecule has 2 aliphatic rings. The molecular formula is C21H15ClN6O3S. The number of amides is 1. The van der Waals surface area contributed by atoms with Crippen LogP contribution in [-0.4, -0.2) is 34.5 Å². The average Bonchev–Trinajstić information content (AvgIpc) is 3.48. The van der Waals surface area contributed by atoms with Crippen molar-refractivity contribution < 1.29 is 14.1 Å². The van der Waals surface area contributed by atoms with Crippen LogP contribution >= 0.6 is 23.4 Å². The Hall–Kier alpha value is -3.50. The van der Waals surface area contributed by atoms with Crippen molar-refractivity contribution in [2.45, 2.75) is 11.9 Å².